The predicted molar refractivity (Wildman–Crippen MR) is 71.7 cm³/mol. The fourth-order valence-electron chi connectivity index (χ4n) is 2.61. The van der Waals surface area contributed by atoms with Gasteiger partial charge in [-0.3, -0.25) is 9.69 Å². The van der Waals surface area contributed by atoms with Crippen LogP contribution in [0.25, 0.3) is 0 Å². The van der Waals surface area contributed by atoms with Crippen LogP contribution in [0.5, 0.6) is 0 Å². The van der Waals surface area contributed by atoms with Crippen molar-refractivity contribution in [3.05, 3.63) is 35.9 Å². The van der Waals surface area contributed by atoms with Crippen LogP contribution in [0.15, 0.2) is 30.3 Å². The average Bonchev–Trinajstić information content (AvgIpc) is 2.87. The van der Waals surface area contributed by atoms with Gasteiger partial charge in [-0.05, 0) is 32.4 Å². The van der Waals surface area contributed by atoms with Crippen LogP contribution >= 0.6 is 0 Å². The molecule has 0 aromatic heterocycles. The molecule has 0 bridgehead atoms. The molecule has 98 valence electrons. The van der Waals surface area contributed by atoms with Crippen LogP contribution in [0.4, 0.5) is 0 Å². The average molecular weight is 247 g/mol. The van der Waals surface area contributed by atoms with E-state index in [0.717, 1.165) is 37.9 Å². The summed E-state index contributed by atoms with van der Waals surface area (Å²) in [6.07, 6.45) is 3.73. The molecule has 3 heteroatoms. The highest BCUT2D eigenvalue weighted by Crippen LogP contribution is 2.17. The number of aliphatic hydroxyl groups excluding tert-OH is 1. The van der Waals surface area contributed by atoms with E-state index in [1.54, 1.807) is 0 Å². The molecule has 1 unspecified atom stereocenters. The van der Waals surface area contributed by atoms with Crippen molar-refractivity contribution in [1.82, 2.24) is 4.90 Å². The number of rotatable bonds is 6. The fourth-order valence-corrected chi connectivity index (χ4v) is 2.61. The smallest absolute Gasteiger partial charge is 0.162 e. The van der Waals surface area contributed by atoms with Gasteiger partial charge in [-0.15, -0.1) is 0 Å². The van der Waals surface area contributed by atoms with Crippen LogP contribution in [0, 0.1) is 0 Å². The molecule has 1 heterocycles. The summed E-state index contributed by atoms with van der Waals surface area (Å²) in [7, 11) is 0. The van der Waals surface area contributed by atoms with Gasteiger partial charge in [0.05, 0.1) is 6.61 Å². The van der Waals surface area contributed by atoms with Gasteiger partial charge < -0.3 is 5.11 Å². The number of nitrogens with zero attached hydrogens (tertiary/aromatic N) is 1. The maximum Gasteiger partial charge on any atom is 0.162 e. The second-order valence-electron chi connectivity index (χ2n) is 4.91. The van der Waals surface area contributed by atoms with E-state index in [-0.39, 0.29) is 12.4 Å². The zero-order valence-corrected chi connectivity index (χ0v) is 10.7. The molecular formula is C15H21NO2. The quantitative estimate of drug-likeness (QED) is 0.783. The Morgan fingerprint density at radius 3 is 2.83 bits per heavy atom. The van der Waals surface area contributed by atoms with Crippen molar-refractivity contribution < 1.29 is 9.90 Å². The Hall–Kier alpha value is -1.19. The van der Waals surface area contributed by atoms with Gasteiger partial charge in [0.25, 0.3) is 0 Å². The number of likely N-dealkylation sites (tertiary alicyclic amines) is 1. The number of hydrogen-bond donors (Lipinski definition) is 1. The van der Waals surface area contributed by atoms with Crippen molar-refractivity contribution in [3.8, 4) is 0 Å². The number of Topliss-reactive ketones (excluding diaryl/α,β-unsaturated/α-hetero) is 1. The van der Waals surface area contributed by atoms with Gasteiger partial charge in [-0.1, -0.05) is 30.3 Å². The summed E-state index contributed by atoms with van der Waals surface area (Å²) in [5.41, 5.74) is 0.803. The number of carbonyl (C=O) groups is 1. The third-order valence-electron chi connectivity index (χ3n) is 3.65. The van der Waals surface area contributed by atoms with Gasteiger partial charge in [-0.25, -0.2) is 0 Å². The van der Waals surface area contributed by atoms with Crippen molar-refractivity contribution in [2.75, 3.05) is 19.7 Å². The summed E-state index contributed by atoms with van der Waals surface area (Å²) in [5.74, 6) is 0.218. The van der Waals surface area contributed by atoms with Gasteiger partial charge in [0.15, 0.2) is 5.78 Å². The van der Waals surface area contributed by atoms with Crippen LogP contribution in [0.2, 0.25) is 0 Å². The molecule has 1 fully saturated rings. The maximum atomic E-state index is 11.9. The molecule has 0 aliphatic carbocycles. The lowest BCUT2D eigenvalue weighted by Crippen LogP contribution is -2.33. The summed E-state index contributed by atoms with van der Waals surface area (Å²) in [4.78, 5) is 14.2. The number of benzene rings is 1. The summed E-state index contributed by atoms with van der Waals surface area (Å²) in [6.45, 7) is 2.22. The van der Waals surface area contributed by atoms with Crippen molar-refractivity contribution in [1.29, 1.82) is 0 Å². The first-order valence-corrected chi connectivity index (χ1v) is 6.74. The molecule has 1 saturated heterocycles. The Morgan fingerprint density at radius 2 is 2.11 bits per heavy atom. The molecule has 0 spiro atoms. The minimum absolute atomic E-state index is 0.218. The fraction of sp³-hybridized carbons (Fsp3) is 0.533. The summed E-state index contributed by atoms with van der Waals surface area (Å²) in [5, 5.41) is 9.21. The van der Waals surface area contributed by atoms with Gasteiger partial charge in [-0.2, -0.15) is 0 Å². The third-order valence-corrected chi connectivity index (χ3v) is 3.65. The predicted octanol–water partition coefficient (Wildman–Crippen LogP) is 2.11. The lowest BCUT2D eigenvalue weighted by molar-refractivity contribution is 0.0969. The van der Waals surface area contributed by atoms with E-state index in [1.807, 2.05) is 30.3 Å². The molecule has 0 saturated carbocycles. The van der Waals surface area contributed by atoms with E-state index in [9.17, 15) is 9.90 Å². The van der Waals surface area contributed by atoms with Gasteiger partial charge in [0.2, 0.25) is 0 Å². The molecule has 1 aliphatic rings. The van der Waals surface area contributed by atoms with E-state index in [4.69, 9.17) is 0 Å². The largest absolute Gasteiger partial charge is 0.395 e. The summed E-state index contributed by atoms with van der Waals surface area (Å²) < 4.78 is 0. The molecule has 1 aromatic carbocycles. The Bertz CT molecular complexity index is 377. The highest BCUT2D eigenvalue weighted by atomic mass is 16.3. The number of aliphatic hydroxyl groups is 1. The van der Waals surface area contributed by atoms with Crippen LogP contribution in [0.1, 0.15) is 36.0 Å². The van der Waals surface area contributed by atoms with Crippen LogP contribution in [-0.2, 0) is 0 Å². The molecule has 18 heavy (non-hydrogen) atoms. The third kappa shape index (κ3) is 3.40. The zero-order chi connectivity index (χ0) is 12.8. The van der Waals surface area contributed by atoms with Crippen LogP contribution < -0.4 is 0 Å². The van der Waals surface area contributed by atoms with Gasteiger partial charge in [0.1, 0.15) is 0 Å². The van der Waals surface area contributed by atoms with E-state index in [2.05, 4.69) is 4.90 Å². The standard InChI is InChI=1S/C15H21NO2/c17-12-14-8-4-10-16(14)11-5-9-15(18)13-6-2-1-3-7-13/h1-3,6-7,14,17H,4-5,8-12H2. The Labute approximate surface area is 108 Å². The van der Waals surface area contributed by atoms with Crippen LogP contribution in [-0.4, -0.2) is 41.5 Å². The van der Waals surface area contributed by atoms with Crippen molar-refractivity contribution in [2.24, 2.45) is 0 Å². The lowest BCUT2D eigenvalue weighted by Gasteiger charge is -2.22. The highest BCUT2D eigenvalue weighted by molar-refractivity contribution is 5.95. The molecule has 1 aromatic rings. The topological polar surface area (TPSA) is 40.5 Å². The Balaban J connectivity index is 1.74. The molecule has 0 radical (unpaired) electrons. The molecule has 3 nitrogen and oxygen atoms in total. The monoisotopic (exact) mass is 247 g/mol. The van der Waals surface area contributed by atoms with E-state index in [0.29, 0.717) is 12.5 Å². The van der Waals surface area contributed by atoms with Crippen molar-refractivity contribution in [3.63, 3.8) is 0 Å². The first-order valence-electron chi connectivity index (χ1n) is 6.74. The first-order chi connectivity index (χ1) is 8.81. The number of hydrogen-bond acceptors (Lipinski definition) is 3. The second-order valence-corrected chi connectivity index (χ2v) is 4.91. The molecule has 1 aliphatic heterocycles. The SMILES string of the molecule is O=C(CCCN1CCCC1CO)c1ccccc1. The molecule has 0 amide bonds. The number of carbonyl (C=O) groups excluding carboxylic acids is 1. The first kappa shape index (κ1) is 13.2. The summed E-state index contributed by atoms with van der Waals surface area (Å²) in [6, 6.07) is 9.78. The van der Waals surface area contributed by atoms with Gasteiger partial charge >= 0.3 is 0 Å². The highest BCUT2D eigenvalue weighted by Gasteiger charge is 2.22. The zero-order valence-electron chi connectivity index (χ0n) is 10.7. The maximum absolute atomic E-state index is 11.9. The Kier molecular flexibility index (Phi) is 4.90. The minimum atomic E-state index is 0.218. The molecule has 1 N–H and O–H groups in total. The number of ketones is 1. The van der Waals surface area contributed by atoms with E-state index >= 15 is 0 Å². The van der Waals surface area contributed by atoms with E-state index < -0.39 is 0 Å². The summed E-state index contributed by atoms with van der Waals surface area (Å²) >= 11 is 0. The van der Waals surface area contributed by atoms with Crippen molar-refractivity contribution >= 4 is 5.78 Å². The van der Waals surface area contributed by atoms with Crippen molar-refractivity contribution in [2.45, 2.75) is 31.7 Å². The molecular weight excluding hydrogens is 226 g/mol. The van der Waals surface area contributed by atoms with E-state index in [1.165, 1.54) is 0 Å². The minimum Gasteiger partial charge on any atom is -0.395 e. The molecule has 2 rings (SSSR count). The lowest BCUT2D eigenvalue weighted by atomic mass is 10.1. The second kappa shape index (κ2) is 6.66. The van der Waals surface area contributed by atoms with Crippen LogP contribution in [0.3, 0.4) is 0 Å². The Morgan fingerprint density at radius 1 is 1.33 bits per heavy atom. The normalized spacial score (nSPS) is 20.2. The molecule has 1 atom stereocenters. The van der Waals surface area contributed by atoms with Gasteiger partial charge in [0, 0.05) is 18.0 Å².